The van der Waals surface area contributed by atoms with Crippen LogP contribution in [-0.4, -0.2) is 24.9 Å². The summed E-state index contributed by atoms with van der Waals surface area (Å²) in [5.74, 6) is -0.274. The Morgan fingerprint density at radius 1 is 1.00 bits per heavy atom. The Bertz CT molecular complexity index is 798. The molecule has 0 saturated carbocycles. The number of nitrogens with zero attached hydrogens (tertiary/aromatic N) is 1. The van der Waals surface area contributed by atoms with Crippen molar-refractivity contribution in [3.8, 4) is 0 Å². The molecule has 27 heavy (non-hydrogen) atoms. The van der Waals surface area contributed by atoms with Gasteiger partial charge in [-0.25, -0.2) is 0 Å². The zero-order valence-electron chi connectivity index (χ0n) is 16.0. The van der Waals surface area contributed by atoms with E-state index < -0.39 is 0 Å². The van der Waals surface area contributed by atoms with Crippen LogP contribution in [0.5, 0.6) is 0 Å². The molecule has 0 bridgehead atoms. The molecule has 5 heteroatoms. The van der Waals surface area contributed by atoms with Crippen molar-refractivity contribution in [1.29, 1.82) is 0 Å². The minimum Gasteiger partial charge on any atom is -0.371 e. The summed E-state index contributed by atoms with van der Waals surface area (Å²) in [5, 5.41) is 5.87. The normalized spacial score (nSPS) is 15.1. The Kier molecular flexibility index (Phi) is 6.12. The number of nitrogens with one attached hydrogen (secondary N) is 2. The van der Waals surface area contributed by atoms with Gasteiger partial charge in [0.15, 0.2) is 0 Å². The van der Waals surface area contributed by atoms with E-state index in [1.807, 2.05) is 49.4 Å². The molecule has 1 heterocycles. The van der Waals surface area contributed by atoms with Gasteiger partial charge in [-0.05, 0) is 49.9 Å². The fraction of sp³-hybridized carbons (Fsp3) is 0.364. The molecule has 2 aromatic rings. The molecule has 3 rings (SSSR count). The van der Waals surface area contributed by atoms with Crippen molar-refractivity contribution >= 4 is 23.2 Å². The molecule has 2 amide bonds. The fourth-order valence-electron chi connectivity index (χ4n) is 3.51. The first kappa shape index (κ1) is 19.0. The van der Waals surface area contributed by atoms with Crippen molar-refractivity contribution < 1.29 is 9.59 Å². The average molecular weight is 365 g/mol. The summed E-state index contributed by atoms with van der Waals surface area (Å²) in [5.41, 5.74) is 3.23. The molecule has 1 unspecified atom stereocenters. The summed E-state index contributed by atoms with van der Waals surface area (Å²) in [6.07, 6.45) is 3.50. The average Bonchev–Trinajstić information content (AvgIpc) is 2.68. The van der Waals surface area contributed by atoms with Crippen molar-refractivity contribution in [1.82, 2.24) is 5.32 Å². The van der Waals surface area contributed by atoms with E-state index in [4.69, 9.17) is 0 Å². The maximum Gasteiger partial charge on any atom is 0.253 e. The van der Waals surface area contributed by atoms with Crippen LogP contribution in [0.25, 0.3) is 0 Å². The second kappa shape index (κ2) is 8.71. The third-order valence-electron chi connectivity index (χ3n) is 4.91. The smallest absolute Gasteiger partial charge is 0.253 e. The first-order valence-electron chi connectivity index (χ1n) is 9.57. The van der Waals surface area contributed by atoms with E-state index in [-0.39, 0.29) is 17.9 Å². The van der Waals surface area contributed by atoms with Gasteiger partial charge in [0, 0.05) is 31.4 Å². The molecule has 2 aromatic carbocycles. The lowest BCUT2D eigenvalue weighted by Gasteiger charge is -2.31. The van der Waals surface area contributed by atoms with Gasteiger partial charge in [0.25, 0.3) is 5.91 Å². The molecule has 1 atom stereocenters. The Morgan fingerprint density at radius 3 is 2.37 bits per heavy atom. The lowest BCUT2D eigenvalue weighted by molar-refractivity contribution is -0.114. The van der Waals surface area contributed by atoms with Crippen LogP contribution in [-0.2, 0) is 4.79 Å². The molecule has 0 aliphatic carbocycles. The van der Waals surface area contributed by atoms with E-state index in [0.717, 1.165) is 37.2 Å². The minimum absolute atomic E-state index is 0.0997. The van der Waals surface area contributed by atoms with Gasteiger partial charge in [-0.2, -0.15) is 0 Å². The van der Waals surface area contributed by atoms with Crippen LogP contribution in [0.1, 0.15) is 55.1 Å². The predicted octanol–water partition coefficient (Wildman–Crippen LogP) is 4.13. The Morgan fingerprint density at radius 2 is 1.70 bits per heavy atom. The van der Waals surface area contributed by atoms with E-state index >= 15 is 0 Å². The maximum atomic E-state index is 13.1. The quantitative estimate of drug-likeness (QED) is 0.838. The van der Waals surface area contributed by atoms with Gasteiger partial charge in [0.2, 0.25) is 5.91 Å². The van der Waals surface area contributed by atoms with Crippen molar-refractivity contribution in [3.63, 3.8) is 0 Å². The Balaban J connectivity index is 1.87. The second-order valence-electron chi connectivity index (χ2n) is 7.07. The molecule has 0 aromatic heterocycles. The molecular formula is C22H27N3O2. The molecule has 0 spiro atoms. The molecule has 5 nitrogen and oxygen atoms in total. The summed E-state index contributed by atoms with van der Waals surface area (Å²) in [4.78, 5) is 26.8. The number of piperidine rings is 1. The van der Waals surface area contributed by atoms with Gasteiger partial charge in [-0.15, -0.1) is 0 Å². The van der Waals surface area contributed by atoms with Crippen molar-refractivity contribution in [2.45, 2.75) is 39.2 Å². The van der Waals surface area contributed by atoms with Gasteiger partial charge in [0.05, 0.1) is 11.6 Å². The van der Waals surface area contributed by atoms with Crippen LogP contribution < -0.4 is 15.5 Å². The lowest BCUT2D eigenvalue weighted by Crippen LogP contribution is -2.33. The zero-order chi connectivity index (χ0) is 19.2. The Hall–Kier alpha value is -2.82. The number of carbonyl (C=O) groups is 2. The number of amides is 2. The fourth-order valence-corrected chi connectivity index (χ4v) is 3.51. The number of hydrogen-bond donors (Lipinski definition) is 2. The van der Waals surface area contributed by atoms with E-state index in [9.17, 15) is 9.59 Å². The van der Waals surface area contributed by atoms with Crippen LogP contribution in [0.2, 0.25) is 0 Å². The number of carbonyl (C=O) groups excluding carboxylic acids is 2. The number of rotatable bonds is 5. The van der Waals surface area contributed by atoms with E-state index in [0.29, 0.717) is 11.3 Å². The van der Waals surface area contributed by atoms with Gasteiger partial charge < -0.3 is 15.5 Å². The zero-order valence-corrected chi connectivity index (χ0v) is 16.0. The van der Waals surface area contributed by atoms with Crippen molar-refractivity contribution in [3.05, 3.63) is 59.7 Å². The summed E-state index contributed by atoms with van der Waals surface area (Å²) < 4.78 is 0. The van der Waals surface area contributed by atoms with Crippen LogP contribution in [0.15, 0.2) is 48.5 Å². The summed E-state index contributed by atoms with van der Waals surface area (Å²) >= 11 is 0. The highest BCUT2D eigenvalue weighted by Crippen LogP contribution is 2.28. The van der Waals surface area contributed by atoms with Crippen LogP contribution in [0.4, 0.5) is 11.4 Å². The first-order valence-corrected chi connectivity index (χ1v) is 9.57. The Labute approximate surface area is 160 Å². The monoisotopic (exact) mass is 365 g/mol. The number of hydrogen-bond acceptors (Lipinski definition) is 3. The van der Waals surface area contributed by atoms with Crippen LogP contribution in [0, 0.1) is 0 Å². The highest BCUT2D eigenvalue weighted by atomic mass is 16.2. The minimum atomic E-state index is -0.148. The third kappa shape index (κ3) is 4.88. The molecular weight excluding hydrogens is 338 g/mol. The van der Waals surface area contributed by atoms with Gasteiger partial charge in [-0.1, -0.05) is 30.3 Å². The van der Waals surface area contributed by atoms with Crippen molar-refractivity contribution in [2.24, 2.45) is 0 Å². The van der Waals surface area contributed by atoms with E-state index in [1.54, 1.807) is 6.07 Å². The highest BCUT2D eigenvalue weighted by molar-refractivity contribution is 6.02. The van der Waals surface area contributed by atoms with E-state index in [1.165, 1.54) is 13.3 Å². The van der Waals surface area contributed by atoms with Crippen LogP contribution in [0.3, 0.4) is 0 Å². The molecule has 142 valence electrons. The topological polar surface area (TPSA) is 61.4 Å². The largest absolute Gasteiger partial charge is 0.371 e. The molecule has 1 aliphatic heterocycles. The lowest BCUT2D eigenvalue weighted by atomic mass is 10.0. The number of anilines is 2. The highest BCUT2D eigenvalue weighted by Gasteiger charge is 2.21. The summed E-state index contributed by atoms with van der Waals surface area (Å²) in [6, 6.07) is 15.4. The summed E-state index contributed by atoms with van der Waals surface area (Å²) in [6.45, 7) is 5.35. The number of benzene rings is 2. The molecule has 0 radical (unpaired) electrons. The second-order valence-corrected chi connectivity index (χ2v) is 7.07. The molecule has 2 N–H and O–H groups in total. The third-order valence-corrected chi connectivity index (χ3v) is 4.91. The summed E-state index contributed by atoms with van der Waals surface area (Å²) in [7, 11) is 0. The van der Waals surface area contributed by atoms with Gasteiger partial charge in [0.1, 0.15) is 0 Å². The van der Waals surface area contributed by atoms with Gasteiger partial charge >= 0.3 is 0 Å². The predicted molar refractivity (Wildman–Crippen MR) is 109 cm³/mol. The molecule has 1 aliphatic rings. The standard InChI is InChI=1S/C22H27N3O2/c1-16(18-9-5-3-6-10-18)23-22(27)20-15-19(24-17(2)26)11-12-21(20)25-13-7-4-8-14-25/h3,5-6,9-12,15-16H,4,7-8,13-14H2,1-2H3,(H,23,27)(H,24,26). The maximum absolute atomic E-state index is 13.1. The SMILES string of the molecule is CC(=O)Nc1ccc(N2CCCCC2)c(C(=O)NC(C)c2ccccc2)c1. The molecule has 1 saturated heterocycles. The van der Waals surface area contributed by atoms with Crippen molar-refractivity contribution in [2.75, 3.05) is 23.3 Å². The van der Waals surface area contributed by atoms with Gasteiger partial charge in [-0.3, -0.25) is 9.59 Å². The van der Waals surface area contributed by atoms with Crippen LogP contribution >= 0.6 is 0 Å². The molecule has 1 fully saturated rings. The van der Waals surface area contributed by atoms with E-state index in [2.05, 4.69) is 15.5 Å². The first-order chi connectivity index (χ1) is 13.0.